The molecule has 0 saturated carbocycles. The number of thioether (sulfide) groups is 1. The Morgan fingerprint density at radius 2 is 1.79 bits per heavy atom. The maximum absolute atomic E-state index is 12.6. The molecule has 0 aliphatic carbocycles. The van der Waals surface area contributed by atoms with E-state index in [-0.39, 0.29) is 17.1 Å². The lowest BCUT2D eigenvalue weighted by Gasteiger charge is -2.23. The van der Waals surface area contributed by atoms with Crippen molar-refractivity contribution in [3.63, 3.8) is 0 Å². The molecule has 2 amide bonds. The number of anilines is 3. The molecule has 2 heterocycles. The number of hydrogen-bond acceptors (Lipinski definition) is 4. The highest BCUT2D eigenvalue weighted by Gasteiger charge is 2.23. The third-order valence-electron chi connectivity index (χ3n) is 5.27. The minimum absolute atomic E-state index is 0.0286. The van der Waals surface area contributed by atoms with E-state index in [4.69, 9.17) is 0 Å². The van der Waals surface area contributed by atoms with Gasteiger partial charge in [-0.1, -0.05) is 12.8 Å². The summed E-state index contributed by atoms with van der Waals surface area (Å²) in [6.07, 6.45) is 5.10. The van der Waals surface area contributed by atoms with Gasteiger partial charge in [0.05, 0.1) is 10.9 Å². The summed E-state index contributed by atoms with van der Waals surface area (Å²) in [5.41, 5.74) is 3.22. The second kappa shape index (κ2) is 8.27. The summed E-state index contributed by atoms with van der Waals surface area (Å²) in [6, 6.07) is 13.5. The van der Waals surface area contributed by atoms with E-state index in [1.54, 1.807) is 12.1 Å². The first-order valence-corrected chi connectivity index (χ1v) is 10.8. The summed E-state index contributed by atoms with van der Waals surface area (Å²) in [4.78, 5) is 27.9. The fraction of sp³-hybridized carbons (Fsp3) is 0.364. The molecule has 2 N–H and O–H groups in total. The molecule has 2 aromatic rings. The van der Waals surface area contributed by atoms with Gasteiger partial charge >= 0.3 is 0 Å². The Labute approximate surface area is 169 Å². The first-order chi connectivity index (χ1) is 13.6. The van der Waals surface area contributed by atoms with Gasteiger partial charge in [0.1, 0.15) is 0 Å². The fourth-order valence-corrected chi connectivity index (χ4v) is 4.57. The van der Waals surface area contributed by atoms with E-state index in [9.17, 15) is 9.59 Å². The third-order valence-corrected chi connectivity index (χ3v) is 6.45. The predicted octanol–water partition coefficient (Wildman–Crippen LogP) is 4.75. The van der Waals surface area contributed by atoms with Crippen LogP contribution in [0.2, 0.25) is 0 Å². The number of nitrogens with zero attached hydrogens (tertiary/aromatic N) is 1. The van der Waals surface area contributed by atoms with Gasteiger partial charge in [-0.15, -0.1) is 11.8 Å². The Morgan fingerprint density at radius 1 is 1.07 bits per heavy atom. The number of carbonyl (C=O) groups is 2. The number of carbonyl (C=O) groups excluding carboxylic acids is 2. The normalized spacial score (nSPS) is 19.4. The molecule has 146 valence electrons. The predicted molar refractivity (Wildman–Crippen MR) is 115 cm³/mol. The van der Waals surface area contributed by atoms with E-state index >= 15 is 0 Å². The summed E-state index contributed by atoms with van der Waals surface area (Å²) in [5, 5.41) is 5.71. The van der Waals surface area contributed by atoms with E-state index in [1.165, 1.54) is 43.1 Å². The maximum Gasteiger partial charge on any atom is 0.255 e. The van der Waals surface area contributed by atoms with Crippen LogP contribution in [-0.2, 0) is 4.79 Å². The zero-order chi connectivity index (χ0) is 19.5. The molecule has 1 fully saturated rings. The lowest BCUT2D eigenvalue weighted by molar-refractivity contribution is -0.115. The SMILES string of the molecule is C[C@H]1Sc2ccc(C(=O)Nc3ccc(N4CCCCCC4)cc3)cc2NC1=O. The van der Waals surface area contributed by atoms with Crippen LogP contribution in [0.25, 0.3) is 0 Å². The molecule has 0 aromatic heterocycles. The highest BCUT2D eigenvalue weighted by molar-refractivity contribution is 8.00. The lowest BCUT2D eigenvalue weighted by Crippen LogP contribution is -2.26. The van der Waals surface area contributed by atoms with Gasteiger partial charge in [0.15, 0.2) is 0 Å². The molecule has 0 bridgehead atoms. The topological polar surface area (TPSA) is 61.4 Å². The molecule has 5 nitrogen and oxygen atoms in total. The van der Waals surface area contributed by atoms with Crippen molar-refractivity contribution in [1.29, 1.82) is 0 Å². The first kappa shape index (κ1) is 18.9. The van der Waals surface area contributed by atoms with Gasteiger partial charge in [0.25, 0.3) is 5.91 Å². The van der Waals surface area contributed by atoms with Gasteiger partial charge < -0.3 is 15.5 Å². The van der Waals surface area contributed by atoms with Gasteiger partial charge in [0.2, 0.25) is 5.91 Å². The Morgan fingerprint density at radius 3 is 2.50 bits per heavy atom. The molecule has 2 aromatic carbocycles. The maximum atomic E-state index is 12.6. The van der Waals surface area contributed by atoms with Crippen LogP contribution >= 0.6 is 11.8 Å². The van der Waals surface area contributed by atoms with Crippen LogP contribution < -0.4 is 15.5 Å². The van der Waals surface area contributed by atoms with E-state index in [2.05, 4.69) is 27.7 Å². The molecular formula is C22H25N3O2S. The zero-order valence-corrected chi connectivity index (χ0v) is 16.8. The second-order valence-electron chi connectivity index (χ2n) is 7.36. The molecule has 4 rings (SSSR count). The number of hydrogen-bond donors (Lipinski definition) is 2. The van der Waals surface area contributed by atoms with Crippen molar-refractivity contribution < 1.29 is 9.59 Å². The second-order valence-corrected chi connectivity index (χ2v) is 8.75. The average Bonchev–Trinajstić information content (AvgIpc) is 2.98. The van der Waals surface area contributed by atoms with Crippen molar-refractivity contribution in [2.45, 2.75) is 42.8 Å². The minimum Gasteiger partial charge on any atom is -0.372 e. The van der Waals surface area contributed by atoms with Crippen molar-refractivity contribution in [2.24, 2.45) is 0 Å². The van der Waals surface area contributed by atoms with Crippen LogP contribution in [0.15, 0.2) is 47.4 Å². The number of fused-ring (bicyclic) bond motifs is 1. The lowest BCUT2D eigenvalue weighted by atomic mass is 10.1. The molecule has 2 aliphatic heterocycles. The Kier molecular flexibility index (Phi) is 5.57. The van der Waals surface area contributed by atoms with E-state index < -0.39 is 0 Å². The summed E-state index contributed by atoms with van der Waals surface area (Å²) >= 11 is 1.51. The summed E-state index contributed by atoms with van der Waals surface area (Å²) in [5.74, 6) is -0.206. The van der Waals surface area contributed by atoms with Crippen LogP contribution in [0.4, 0.5) is 17.1 Å². The van der Waals surface area contributed by atoms with Crippen LogP contribution in [0.1, 0.15) is 43.0 Å². The Balaban J connectivity index is 1.43. The molecule has 6 heteroatoms. The van der Waals surface area contributed by atoms with Crippen LogP contribution in [-0.4, -0.2) is 30.2 Å². The quantitative estimate of drug-likeness (QED) is 0.787. The fourth-order valence-electron chi connectivity index (χ4n) is 3.64. The molecule has 0 unspecified atom stereocenters. The van der Waals surface area contributed by atoms with Crippen molar-refractivity contribution in [3.8, 4) is 0 Å². The molecule has 1 saturated heterocycles. The van der Waals surface area contributed by atoms with Crippen molar-refractivity contribution >= 4 is 40.6 Å². The molecule has 2 aliphatic rings. The molecule has 0 spiro atoms. The minimum atomic E-state index is -0.178. The smallest absolute Gasteiger partial charge is 0.255 e. The van der Waals surface area contributed by atoms with E-state index in [1.807, 2.05) is 25.1 Å². The molecular weight excluding hydrogens is 370 g/mol. The number of rotatable bonds is 3. The first-order valence-electron chi connectivity index (χ1n) is 9.88. The summed E-state index contributed by atoms with van der Waals surface area (Å²) < 4.78 is 0. The molecule has 1 atom stereocenters. The Hall–Kier alpha value is -2.47. The average molecular weight is 396 g/mol. The Bertz CT molecular complexity index is 874. The highest BCUT2D eigenvalue weighted by atomic mass is 32.2. The molecule has 0 radical (unpaired) electrons. The largest absolute Gasteiger partial charge is 0.372 e. The van der Waals surface area contributed by atoms with Crippen molar-refractivity contribution in [1.82, 2.24) is 0 Å². The van der Waals surface area contributed by atoms with Crippen molar-refractivity contribution in [3.05, 3.63) is 48.0 Å². The number of amides is 2. The zero-order valence-electron chi connectivity index (χ0n) is 16.0. The standard InChI is InChI=1S/C22H25N3O2S/c1-15-21(26)24-19-14-16(6-11-20(19)28-15)22(27)23-17-7-9-18(10-8-17)25-12-4-2-3-5-13-25/h6-11,14-15H,2-5,12-13H2,1H3,(H,23,27)(H,24,26)/t15-/m1/s1. The number of nitrogens with one attached hydrogen (secondary N) is 2. The van der Waals surface area contributed by atoms with Crippen LogP contribution in [0, 0.1) is 0 Å². The third kappa shape index (κ3) is 4.17. The monoisotopic (exact) mass is 395 g/mol. The van der Waals surface area contributed by atoms with Gasteiger partial charge in [-0.3, -0.25) is 9.59 Å². The van der Waals surface area contributed by atoms with Gasteiger partial charge in [-0.2, -0.15) is 0 Å². The summed E-state index contributed by atoms with van der Waals surface area (Å²) in [6.45, 7) is 4.07. The van der Waals surface area contributed by atoms with E-state index in [0.29, 0.717) is 11.3 Å². The van der Waals surface area contributed by atoms with Crippen LogP contribution in [0.3, 0.4) is 0 Å². The summed E-state index contributed by atoms with van der Waals surface area (Å²) in [7, 11) is 0. The number of benzene rings is 2. The van der Waals surface area contributed by atoms with E-state index in [0.717, 1.165) is 23.7 Å². The van der Waals surface area contributed by atoms with Gasteiger partial charge in [-0.25, -0.2) is 0 Å². The molecule has 28 heavy (non-hydrogen) atoms. The van der Waals surface area contributed by atoms with Gasteiger partial charge in [0, 0.05) is 34.9 Å². The van der Waals surface area contributed by atoms with Crippen LogP contribution in [0.5, 0.6) is 0 Å². The highest BCUT2D eigenvalue weighted by Crippen LogP contribution is 2.36. The van der Waals surface area contributed by atoms with Crippen molar-refractivity contribution in [2.75, 3.05) is 28.6 Å². The van der Waals surface area contributed by atoms with Gasteiger partial charge in [-0.05, 0) is 62.2 Å².